The fourth-order valence-corrected chi connectivity index (χ4v) is 1.81. The van der Waals surface area contributed by atoms with Crippen molar-refractivity contribution in [1.82, 2.24) is 4.98 Å². The maximum Gasteiger partial charge on any atom is 0.422 e. The quantitative estimate of drug-likeness (QED) is 0.795. The molecule has 4 nitrogen and oxygen atoms in total. The molecule has 0 aliphatic rings. The van der Waals surface area contributed by atoms with Crippen LogP contribution in [0.25, 0.3) is 0 Å². The van der Waals surface area contributed by atoms with Crippen molar-refractivity contribution in [3.63, 3.8) is 0 Å². The molecule has 0 radical (unpaired) electrons. The number of ether oxygens (including phenoxy) is 1. The van der Waals surface area contributed by atoms with Crippen LogP contribution in [0.1, 0.15) is 10.4 Å². The van der Waals surface area contributed by atoms with Gasteiger partial charge in [0.05, 0.1) is 0 Å². The number of nitrogens with zero attached hydrogens (tertiary/aromatic N) is 2. The summed E-state index contributed by atoms with van der Waals surface area (Å²) in [5.41, 5.74) is -0.224. The maximum atomic E-state index is 13.3. The molecule has 0 unspecified atom stereocenters. The molecule has 0 saturated carbocycles. The zero-order valence-corrected chi connectivity index (χ0v) is 12.3. The summed E-state index contributed by atoms with van der Waals surface area (Å²) in [4.78, 5) is 16.9. The first kappa shape index (κ1) is 17.6. The minimum absolute atomic E-state index is 0.0181. The molecule has 0 aliphatic heterocycles. The molecule has 1 amide bonds. The van der Waals surface area contributed by atoms with Crippen molar-refractivity contribution < 1.29 is 31.5 Å². The summed E-state index contributed by atoms with van der Waals surface area (Å²) in [6.45, 7) is -1.61. The van der Waals surface area contributed by atoms with Gasteiger partial charge in [-0.2, -0.15) is 13.2 Å². The molecule has 9 heteroatoms. The van der Waals surface area contributed by atoms with Gasteiger partial charge in [-0.3, -0.25) is 4.79 Å². The van der Waals surface area contributed by atoms with E-state index >= 15 is 0 Å². The third-order valence-corrected chi connectivity index (χ3v) is 2.97. The number of carbonyl (C=O) groups excluding carboxylic acids is 1. The monoisotopic (exact) mass is 346 g/mol. The van der Waals surface area contributed by atoms with Crippen LogP contribution in [0.4, 0.5) is 27.6 Å². The first-order chi connectivity index (χ1) is 11.2. The lowest BCUT2D eigenvalue weighted by atomic mass is 10.2. The highest BCUT2D eigenvalue weighted by Gasteiger charge is 2.30. The number of rotatable bonds is 4. The number of carbonyl (C=O) groups is 1. The maximum absolute atomic E-state index is 13.3. The van der Waals surface area contributed by atoms with Gasteiger partial charge in [0.15, 0.2) is 18.2 Å². The SMILES string of the molecule is CN(C(=O)c1cccnc1OCC(F)(F)F)c1ccc(F)c(F)c1. The lowest BCUT2D eigenvalue weighted by Crippen LogP contribution is -2.28. The number of hydrogen-bond donors (Lipinski definition) is 0. The highest BCUT2D eigenvalue weighted by atomic mass is 19.4. The number of anilines is 1. The van der Waals surface area contributed by atoms with Crippen molar-refractivity contribution >= 4 is 11.6 Å². The lowest BCUT2D eigenvalue weighted by molar-refractivity contribution is -0.154. The topological polar surface area (TPSA) is 42.4 Å². The number of pyridine rings is 1. The molecular weight excluding hydrogens is 335 g/mol. The lowest BCUT2D eigenvalue weighted by Gasteiger charge is -2.19. The Morgan fingerprint density at radius 3 is 2.54 bits per heavy atom. The second-order valence-electron chi connectivity index (χ2n) is 4.72. The van der Waals surface area contributed by atoms with E-state index in [1.807, 2.05) is 0 Å². The van der Waals surface area contributed by atoms with Crippen LogP contribution >= 0.6 is 0 Å². The molecule has 0 N–H and O–H groups in total. The first-order valence-corrected chi connectivity index (χ1v) is 6.56. The molecule has 0 aliphatic carbocycles. The molecule has 0 spiro atoms. The molecule has 0 fully saturated rings. The molecular formula is C15H11F5N2O2. The van der Waals surface area contributed by atoms with Crippen LogP contribution in [-0.2, 0) is 0 Å². The molecule has 2 aromatic rings. The van der Waals surface area contributed by atoms with Gasteiger partial charge in [0.2, 0.25) is 5.88 Å². The second-order valence-corrected chi connectivity index (χ2v) is 4.72. The zero-order valence-electron chi connectivity index (χ0n) is 12.3. The number of hydrogen-bond acceptors (Lipinski definition) is 3. The number of halogens is 5. The van der Waals surface area contributed by atoms with Crippen LogP contribution in [-0.4, -0.2) is 30.7 Å². The molecule has 0 atom stereocenters. The third kappa shape index (κ3) is 4.18. The predicted molar refractivity (Wildman–Crippen MR) is 74.9 cm³/mol. The van der Waals surface area contributed by atoms with Gasteiger partial charge < -0.3 is 9.64 Å². The van der Waals surface area contributed by atoms with E-state index in [4.69, 9.17) is 0 Å². The number of amides is 1. The van der Waals surface area contributed by atoms with Gasteiger partial charge in [-0.05, 0) is 24.3 Å². The summed E-state index contributed by atoms with van der Waals surface area (Å²) in [5, 5.41) is 0. The highest BCUT2D eigenvalue weighted by Crippen LogP contribution is 2.24. The van der Waals surface area contributed by atoms with Crippen LogP contribution in [0.5, 0.6) is 5.88 Å². The Kier molecular flexibility index (Phi) is 5.01. The Labute approximate surface area is 133 Å². The summed E-state index contributed by atoms with van der Waals surface area (Å²) in [7, 11) is 1.26. The van der Waals surface area contributed by atoms with E-state index in [1.54, 1.807) is 0 Å². The fourth-order valence-electron chi connectivity index (χ4n) is 1.81. The zero-order chi connectivity index (χ0) is 17.9. The highest BCUT2D eigenvalue weighted by molar-refractivity contribution is 6.07. The number of alkyl halides is 3. The van der Waals surface area contributed by atoms with Gasteiger partial charge >= 0.3 is 6.18 Å². The molecule has 0 bridgehead atoms. The molecule has 0 saturated heterocycles. The van der Waals surface area contributed by atoms with Gasteiger partial charge in [-0.1, -0.05) is 0 Å². The van der Waals surface area contributed by atoms with Crippen molar-refractivity contribution in [3.05, 3.63) is 53.7 Å². The average molecular weight is 346 g/mol. The van der Waals surface area contributed by atoms with Crippen molar-refractivity contribution in [2.24, 2.45) is 0 Å². The number of benzene rings is 1. The van der Waals surface area contributed by atoms with Crippen molar-refractivity contribution in [1.29, 1.82) is 0 Å². The van der Waals surface area contributed by atoms with Gasteiger partial charge in [0, 0.05) is 25.0 Å². The molecule has 128 valence electrons. The minimum Gasteiger partial charge on any atom is -0.467 e. The van der Waals surface area contributed by atoms with E-state index in [0.717, 1.165) is 23.1 Å². The Balaban J connectivity index is 2.27. The largest absolute Gasteiger partial charge is 0.467 e. The standard InChI is InChI=1S/C15H11F5N2O2/c1-22(9-4-5-11(16)12(17)7-9)14(23)10-3-2-6-21-13(10)24-8-15(18,19)20/h2-7H,8H2,1H3. The molecule has 1 aromatic heterocycles. The third-order valence-electron chi connectivity index (χ3n) is 2.97. The van der Waals surface area contributed by atoms with Crippen LogP contribution in [0, 0.1) is 11.6 Å². The van der Waals surface area contributed by atoms with E-state index in [0.29, 0.717) is 0 Å². The van der Waals surface area contributed by atoms with Crippen LogP contribution < -0.4 is 9.64 Å². The van der Waals surface area contributed by atoms with E-state index in [1.165, 1.54) is 25.4 Å². The Morgan fingerprint density at radius 1 is 1.21 bits per heavy atom. The van der Waals surface area contributed by atoms with E-state index in [2.05, 4.69) is 9.72 Å². The normalized spacial score (nSPS) is 11.2. The summed E-state index contributed by atoms with van der Waals surface area (Å²) >= 11 is 0. The molecule has 2 rings (SSSR count). The van der Waals surface area contributed by atoms with Crippen molar-refractivity contribution in [2.45, 2.75) is 6.18 Å². The van der Waals surface area contributed by atoms with Crippen LogP contribution in [0.15, 0.2) is 36.5 Å². The Morgan fingerprint density at radius 2 is 1.92 bits per heavy atom. The first-order valence-electron chi connectivity index (χ1n) is 6.56. The molecule has 24 heavy (non-hydrogen) atoms. The summed E-state index contributed by atoms with van der Waals surface area (Å²) in [5.74, 6) is -3.54. The average Bonchev–Trinajstić information content (AvgIpc) is 2.53. The van der Waals surface area contributed by atoms with Crippen LogP contribution in [0.3, 0.4) is 0 Å². The van der Waals surface area contributed by atoms with Gasteiger partial charge in [-0.25, -0.2) is 13.8 Å². The van der Waals surface area contributed by atoms with Gasteiger partial charge in [-0.15, -0.1) is 0 Å². The van der Waals surface area contributed by atoms with Crippen LogP contribution in [0.2, 0.25) is 0 Å². The summed E-state index contributed by atoms with van der Waals surface area (Å²) < 4.78 is 67.5. The second kappa shape index (κ2) is 6.81. The smallest absolute Gasteiger partial charge is 0.422 e. The summed E-state index contributed by atoms with van der Waals surface area (Å²) in [6.07, 6.45) is -3.43. The van der Waals surface area contributed by atoms with E-state index < -0.39 is 36.2 Å². The fraction of sp³-hybridized carbons (Fsp3) is 0.200. The van der Waals surface area contributed by atoms with E-state index in [9.17, 15) is 26.7 Å². The molecule has 1 aromatic carbocycles. The van der Waals surface area contributed by atoms with Gasteiger partial charge in [0.25, 0.3) is 5.91 Å². The van der Waals surface area contributed by atoms with Crippen molar-refractivity contribution in [2.75, 3.05) is 18.6 Å². The van der Waals surface area contributed by atoms with E-state index in [-0.39, 0.29) is 11.3 Å². The summed E-state index contributed by atoms with van der Waals surface area (Å²) in [6, 6.07) is 5.34. The van der Waals surface area contributed by atoms with Gasteiger partial charge in [0.1, 0.15) is 5.56 Å². The van der Waals surface area contributed by atoms with Crippen molar-refractivity contribution in [3.8, 4) is 5.88 Å². The Bertz CT molecular complexity index is 749. The predicted octanol–water partition coefficient (Wildman–Crippen LogP) is 3.58. The molecule has 1 heterocycles. The Hall–Kier alpha value is -2.71. The number of aromatic nitrogens is 1. The minimum atomic E-state index is -4.59.